The number of aromatic nitrogens is 4. The molecular weight excluding hydrogens is 434 g/mol. The number of aromatic amines is 1. The predicted molar refractivity (Wildman–Crippen MR) is 125 cm³/mol. The molecule has 4 N–H and O–H groups in total. The molecule has 0 radical (unpaired) electrons. The maximum Gasteiger partial charge on any atom is 0.332 e. The zero-order chi connectivity index (χ0) is 23.9. The summed E-state index contributed by atoms with van der Waals surface area (Å²) in [4.78, 5) is 32.2. The van der Waals surface area contributed by atoms with E-state index in [2.05, 4.69) is 25.5 Å². The Labute approximate surface area is 195 Å². The summed E-state index contributed by atoms with van der Waals surface area (Å²) in [5, 5.41) is 28.6. The number of aliphatic hydroxyl groups is 1. The fourth-order valence-electron chi connectivity index (χ4n) is 3.58. The summed E-state index contributed by atoms with van der Waals surface area (Å²) in [5.74, 6) is -1.81. The van der Waals surface area contributed by atoms with Crippen LogP contribution in [0.15, 0.2) is 79.3 Å². The molecule has 172 valence electrons. The van der Waals surface area contributed by atoms with E-state index in [1.807, 2.05) is 54.6 Å². The van der Waals surface area contributed by atoms with Gasteiger partial charge in [-0.25, -0.2) is 4.79 Å². The van der Waals surface area contributed by atoms with E-state index in [4.69, 9.17) is 5.11 Å². The first-order valence-corrected chi connectivity index (χ1v) is 10.7. The van der Waals surface area contributed by atoms with E-state index >= 15 is 0 Å². The van der Waals surface area contributed by atoms with E-state index in [0.717, 1.165) is 16.7 Å². The Balaban J connectivity index is 1.48. The molecule has 4 aromatic rings. The Bertz CT molecular complexity index is 1240. The molecule has 34 heavy (non-hydrogen) atoms. The van der Waals surface area contributed by atoms with Crippen LogP contribution in [0.1, 0.15) is 22.5 Å². The number of nitrogens with one attached hydrogen (secondary N) is 2. The van der Waals surface area contributed by atoms with Crippen molar-refractivity contribution < 1.29 is 19.8 Å². The van der Waals surface area contributed by atoms with Crippen molar-refractivity contribution in [3.05, 3.63) is 90.5 Å². The molecule has 0 spiro atoms. The quantitative estimate of drug-likeness (QED) is 0.303. The molecule has 2 heterocycles. The molecule has 0 aliphatic carbocycles. The SMILES string of the molecule is O=C(NC(Cc1ccc(-c2ccccc2)cc1)CC(O)C(=O)O)c1cc(-c2cnccn2)n[nH]1. The summed E-state index contributed by atoms with van der Waals surface area (Å²) in [6.07, 6.45) is 3.18. The third kappa shape index (κ3) is 5.70. The van der Waals surface area contributed by atoms with Crippen molar-refractivity contribution >= 4 is 11.9 Å². The number of hydrogen-bond acceptors (Lipinski definition) is 6. The number of carbonyl (C=O) groups is 2. The summed E-state index contributed by atoms with van der Waals surface area (Å²) in [6, 6.07) is 18.6. The minimum Gasteiger partial charge on any atom is -0.479 e. The molecule has 0 saturated heterocycles. The van der Waals surface area contributed by atoms with Gasteiger partial charge in [-0.2, -0.15) is 5.10 Å². The van der Waals surface area contributed by atoms with Gasteiger partial charge in [0.2, 0.25) is 0 Å². The number of aliphatic carboxylic acids is 1. The smallest absolute Gasteiger partial charge is 0.332 e. The van der Waals surface area contributed by atoms with E-state index in [9.17, 15) is 14.7 Å². The molecule has 0 fully saturated rings. The fourth-order valence-corrected chi connectivity index (χ4v) is 3.58. The highest BCUT2D eigenvalue weighted by Crippen LogP contribution is 2.20. The van der Waals surface area contributed by atoms with Crippen LogP contribution in [-0.4, -0.2) is 54.4 Å². The first kappa shape index (κ1) is 22.8. The molecule has 0 bridgehead atoms. The van der Waals surface area contributed by atoms with Crippen LogP contribution in [0.3, 0.4) is 0 Å². The number of benzene rings is 2. The summed E-state index contributed by atoms with van der Waals surface area (Å²) in [7, 11) is 0. The Hall–Kier alpha value is -4.37. The van der Waals surface area contributed by atoms with E-state index in [1.165, 1.54) is 18.6 Å². The number of aliphatic hydroxyl groups excluding tert-OH is 1. The number of rotatable bonds is 9. The average Bonchev–Trinajstić information content (AvgIpc) is 3.36. The molecule has 0 saturated carbocycles. The van der Waals surface area contributed by atoms with Gasteiger partial charge in [-0.1, -0.05) is 54.6 Å². The second-order valence-corrected chi connectivity index (χ2v) is 7.78. The van der Waals surface area contributed by atoms with Crippen molar-refractivity contribution in [3.8, 4) is 22.5 Å². The van der Waals surface area contributed by atoms with E-state index in [-0.39, 0.29) is 12.1 Å². The molecule has 0 aliphatic heterocycles. The number of amides is 1. The van der Waals surface area contributed by atoms with Crippen LogP contribution in [0, 0.1) is 0 Å². The number of carbonyl (C=O) groups excluding carboxylic acids is 1. The number of H-pyrrole nitrogens is 1. The second kappa shape index (κ2) is 10.5. The van der Waals surface area contributed by atoms with Crippen LogP contribution >= 0.6 is 0 Å². The predicted octanol–water partition coefficient (Wildman–Crippen LogP) is 2.71. The Kier molecular flexibility index (Phi) is 7.04. The first-order chi connectivity index (χ1) is 16.5. The second-order valence-electron chi connectivity index (χ2n) is 7.78. The molecule has 1 amide bonds. The van der Waals surface area contributed by atoms with Crippen molar-refractivity contribution in [3.63, 3.8) is 0 Å². The van der Waals surface area contributed by atoms with Gasteiger partial charge in [-0.15, -0.1) is 0 Å². The van der Waals surface area contributed by atoms with E-state index in [0.29, 0.717) is 17.8 Å². The van der Waals surface area contributed by atoms with Crippen LogP contribution < -0.4 is 5.32 Å². The van der Waals surface area contributed by atoms with Crippen molar-refractivity contribution in [2.24, 2.45) is 0 Å². The molecular formula is C25H23N5O4. The van der Waals surface area contributed by atoms with Gasteiger partial charge in [0.05, 0.1) is 6.20 Å². The summed E-state index contributed by atoms with van der Waals surface area (Å²) in [6.45, 7) is 0. The lowest BCUT2D eigenvalue weighted by atomic mass is 9.97. The van der Waals surface area contributed by atoms with Gasteiger partial charge in [0.1, 0.15) is 17.1 Å². The van der Waals surface area contributed by atoms with E-state index in [1.54, 1.807) is 6.07 Å². The molecule has 0 aliphatic rings. The molecule has 4 rings (SSSR count). The summed E-state index contributed by atoms with van der Waals surface area (Å²) < 4.78 is 0. The van der Waals surface area contributed by atoms with Crippen LogP contribution in [0.25, 0.3) is 22.5 Å². The molecule has 2 atom stereocenters. The first-order valence-electron chi connectivity index (χ1n) is 10.7. The standard InChI is InChI=1S/C25H23N5O4/c31-23(25(33)34)13-19(12-16-6-8-18(9-7-16)17-4-2-1-3-5-17)28-24(32)21-14-20(29-30-21)22-15-26-10-11-27-22/h1-11,14-15,19,23,31H,12-13H2,(H,28,32)(H,29,30)(H,33,34). The van der Waals surface area contributed by atoms with Gasteiger partial charge in [-0.3, -0.25) is 19.9 Å². The van der Waals surface area contributed by atoms with Crippen LogP contribution in [0.2, 0.25) is 0 Å². The molecule has 9 nitrogen and oxygen atoms in total. The molecule has 2 aromatic heterocycles. The molecule has 9 heteroatoms. The monoisotopic (exact) mass is 457 g/mol. The van der Waals surface area contributed by atoms with Crippen LogP contribution in [0.5, 0.6) is 0 Å². The summed E-state index contributed by atoms with van der Waals surface area (Å²) in [5.41, 5.74) is 4.18. The average molecular weight is 457 g/mol. The van der Waals surface area contributed by atoms with Gasteiger partial charge in [0.15, 0.2) is 6.10 Å². The summed E-state index contributed by atoms with van der Waals surface area (Å²) >= 11 is 0. The van der Waals surface area contributed by atoms with Gasteiger partial charge in [0, 0.05) is 24.9 Å². The highest BCUT2D eigenvalue weighted by Gasteiger charge is 2.23. The fraction of sp³-hybridized carbons (Fsp3) is 0.160. The highest BCUT2D eigenvalue weighted by molar-refractivity contribution is 5.93. The third-order valence-electron chi connectivity index (χ3n) is 5.32. The van der Waals surface area contributed by atoms with Crippen molar-refractivity contribution in [2.75, 3.05) is 0 Å². The van der Waals surface area contributed by atoms with E-state index < -0.39 is 24.0 Å². The van der Waals surface area contributed by atoms with Crippen molar-refractivity contribution in [2.45, 2.75) is 25.0 Å². The Morgan fingerprint density at radius 2 is 1.71 bits per heavy atom. The lowest BCUT2D eigenvalue weighted by Gasteiger charge is -2.20. The molecule has 2 aromatic carbocycles. The maximum atomic E-state index is 12.8. The highest BCUT2D eigenvalue weighted by atomic mass is 16.4. The molecule has 2 unspecified atom stereocenters. The van der Waals surface area contributed by atoms with Gasteiger partial charge in [0.25, 0.3) is 5.91 Å². The van der Waals surface area contributed by atoms with Crippen molar-refractivity contribution in [1.82, 2.24) is 25.5 Å². The Morgan fingerprint density at radius 3 is 2.38 bits per heavy atom. The maximum absolute atomic E-state index is 12.8. The lowest BCUT2D eigenvalue weighted by molar-refractivity contribution is -0.147. The van der Waals surface area contributed by atoms with Gasteiger partial charge < -0.3 is 15.5 Å². The number of nitrogens with zero attached hydrogens (tertiary/aromatic N) is 3. The van der Waals surface area contributed by atoms with Crippen LogP contribution in [0.4, 0.5) is 0 Å². The minimum atomic E-state index is -1.61. The lowest BCUT2D eigenvalue weighted by Crippen LogP contribution is -2.40. The van der Waals surface area contributed by atoms with Gasteiger partial charge in [-0.05, 0) is 29.2 Å². The van der Waals surface area contributed by atoms with Crippen molar-refractivity contribution in [1.29, 1.82) is 0 Å². The minimum absolute atomic E-state index is 0.146. The third-order valence-corrected chi connectivity index (χ3v) is 5.32. The normalized spacial score (nSPS) is 12.6. The zero-order valence-electron chi connectivity index (χ0n) is 18.1. The van der Waals surface area contributed by atoms with Crippen LogP contribution in [-0.2, 0) is 11.2 Å². The topological polar surface area (TPSA) is 141 Å². The Morgan fingerprint density at radius 1 is 0.971 bits per heavy atom. The van der Waals surface area contributed by atoms with Gasteiger partial charge >= 0.3 is 5.97 Å². The number of hydrogen-bond donors (Lipinski definition) is 4. The zero-order valence-corrected chi connectivity index (χ0v) is 18.1. The largest absolute Gasteiger partial charge is 0.479 e. The number of carboxylic acids is 1. The number of carboxylic acid groups (broad SMARTS) is 1.